The van der Waals surface area contributed by atoms with Crippen molar-refractivity contribution in [2.24, 2.45) is 5.92 Å². The van der Waals surface area contributed by atoms with Gasteiger partial charge in [0, 0.05) is 43.7 Å². The third kappa shape index (κ3) is 4.14. The molecule has 3 N–H and O–H groups in total. The Morgan fingerprint density at radius 1 is 1.42 bits per heavy atom. The zero-order chi connectivity index (χ0) is 13.0. The quantitative estimate of drug-likeness (QED) is 0.548. The maximum absolute atomic E-state index is 10.8. The van der Waals surface area contributed by atoms with E-state index in [1.165, 1.54) is 6.07 Å². The summed E-state index contributed by atoms with van der Waals surface area (Å²) in [7, 11) is 0. The number of aliphatic hydroxyl groups excluding tert-OH is 1. The van der Waals surface area contributed by atoms with E-state index in [0.717, 1.165) is 6.54 Å². The first-order valence-corrected chi connectivity index (χ1v) is 6.00. The molecule has 2 atom stereocenters. The van der Waals surface area contributed by atoms with E-state index in [9.17, 15) is 15.2 Å². The molecule has 1 aliphatic heterocycles. The molecule has 0 aliphatic carbocycles. The highest BCUT2D eigenvalue weighted by atomic mass is 35.5. The lowest BCUT2D eigenvalue weighted by atomic mass is 10.1. The van der Waals surface area contributed by atoms with Gasteiger partial charge in [-0.3, -0.25) is 10.1 Å². The highest BCUT2D eigenvalue weighted by molar-refractivity contribution is 5.85. The van der Waals surface area contributed by atoms with Gasteiger partial charge in [0.15, 0.2) is 0 Å². The lowest BCUT2D eigenvalue weighted by Gasteiger charge is -2.14. The van der Waals surface area contributed by atoms with Crippen LogP contribution in [0.15, 0.2) is 24.3 Å². The number of rotatable bonds is 5. The molecule has 0 bridgehead atoms. The summed E-state index contributed by atoms with van der Waals surface area (Å²) < 4.78 is 0. The lowest BCUT2D eigenvalue weighted by molar-refractivity contribution is -0.385. The van der Waals surface area contributed by atoms with E-state index in [-0.39, 0.29) is 35.0 Å². The van der Waals surface area contributed by atoms with Gasteiger partial charge in [0.25, 0.3) is 5.69 Å². The van der Waals surface area contributed by atoms with Crippen molar-refractivity contribution in [3.63, 3.8) is 0 Å². The van der Waals surface area contributed by atoms with Gasteiger partial charge in [-0.25, -0.2) is 0 Å². The average molecular weight is 288 g/mol. The van der Waals surface area contributed by atoms with Gasteiger partial charge in [-0.1, -0.05) is 18.2 Å². The minimum atomic E-state index is -0.372. The zero-order valence-electron chi connectivity index (χ0n) is 10.4. The van der Waals surface area contributed by atoms with Crippen molar-refractivity contribution in [2.75, 3.05) is 19.6 Å². The van der Waals surface area contributed by atoms with Crippen LogP contribution < -0.4 is 10.6 Å². The molecule has 1 aliphatic rings. The Bertz CT molecular complexity index is 430. The minimum Gasteiger partial charge on any atom is -0.391 e. The average Bonchev–Trinajstić information content (AvgIpc) is 2.76. The smallest absolute Gasteiger partial charge is 0.273 e. The summed E-state index contributed by atoms with van der Waals surface area (Å²) in [6.45, 7) is 2.50. The van der Waals surface area contributed by atoms with Crippen molar-refractivity contribution in [3.8, 4) is 0 Å². The molecule has 1 fully saturated rings. The van der Waals surface area contributed by atoms with Crippen LogP contribution in [0.3, 0.4) is 0 Å². The number of hydrogen-bond acceptors (Lipinski definition) is 5. The molecule has 19 heavy (non-hydrogen) atoms. The van der Waals surface area contributed by atoms with E-state index >= 15 is 0 Å². The number of benzene rings is 1. The van der Waals surface area contributed by atoms with Gasteiger partial charge in [0.05, 0.1) is 11.0 Å². The van der Waals surface area contributed by atoms with Crippen molar-refractivity contribution in [1.82, 2.24) is 10.6 Å². The van der Waals surface area contributed by atoms with Gasteiger partial charge in [-0.2, -0.15) is 0 Å². The maximum atomic E-state index is 10.8. The Morgan fingerprint density at radius 2 is 2.16 bits per heavy atom. The van der Waals surface area contributed by atoms with Crippen LogP contribution >= 0.6 is 12.4 Å². The predicted octanol–water partition coefficient (Wildman–Crippen LogP) is 0.686. The SMILES string of the molecule is Cl.O=[N+]([O-])c1ccccc1CNCC1CNCC1O. The molecule has 1 aromatic rings. The number of hydrogen-bond donors (Lipinski definition) is 3. The minimum absolute atomic E-state index is 0. The van der Waals surface area contributed by atoms with Crippen LogP contribution in [0.4, 0.5) is 5.69 Å². The van der Waals surface area contributed by atoms with Crippen molar-refractivity contribution < 1.29 is 10.0 Å². The molecule has 6 nitrogen and oxygen atoms in total. The van der Waals surface area contributed by atoms with E-state index in [4.69, 9.17) is 0 Å². The number of nitrogens with one attached hydrogen (secondary N) is 2. The van der Waals surface area contributed by atoms with Gasteiger partial charge in [-0.15, -0.1) is 12.4 Å². The Kier molecular flexibility index (Phi) is 6.17. The van der Waals surface area contributed by atoms with E-state index in [1.807, 2.05) is 0 Å². The molecule has 1 aromatic carbocycles. The fourth-order valence-corrected chi connectivity index (χ4v) is 2.16. The van der Waals surface area contributed by atoms with Gasteiger partial charge in [-0.05, 0) is 0 Å². The first kappa shape index (κ1) is 15.8. The van der Waals surface area contributed by atoms with E-state index in [0.29, 0.717) is 25.2 Å². The van der Waals surface area contributed by atoms with Crippen LogP contribution in [0, 0.1) is 16.0 Å². The van der Waals surface area contributed by atoms with Gasteiger partial charge >= 0.3 is 0 Å². The van der Waals surface area contributed by atoms with Crippen molar-refractivity contribution >= 4 is 18.1 Å². The van der Waals surface area contributed by atoms with Crippen LogP contribution in [-0.2, 0) is 6.54 Å². The largest absolute Gasteiger partial charge is 0.391 e. The fourth-order valence-electron chi connectivity index (χ4n) is 2.16. The van der Waals surface area contributed by atoms with Crippen LogP contribution in [0.5, 0.6) is 0 Å². The lowest BCUT2D eigenvalue weighted by Crippen LogP contribution is -2.30. The first-order valence-electron chi connectivity index (χ1n) is 6.00. The third-order valence-electron chi connectivity index (χ3n) is 3.21. The van der Waals surface area contributed by atoms with E-state index < -0.39 is 0 Å². The summed E-state index contributed by atoms with van der Waals surface area (Å²) in [6, 6.07) is 6.69. The van der Waals surface area contributed by atoms with Gasteiger partial charge < -0.3 is 15.7 Å². The number of β-amino-alcohol motifs (C(OH)–C–C–N with tert-alkyl or cyclic N) is 1. The monoisotopic (exact) mass is 287 g/mol. The van der Waals surface area contributed by atoms with Crippen LogP contribution in [-0.4, -0.2) is 35.8 Å². The summed E-state index contributed by atoms with van der Waals surface area (Å²) in [4.78, 5) is 10.4. The summed E-state index contributed by atoms with van der Waals surface area (Å²) in [5, 5.41) is 26.7. The summed E-state index contributed by atoms with van der Waals surface area (Å²) in [5.74, 6) is 0.174. The second kappa shape index (κ2) is 7.40. The Balaban J connectivity index is 0.00000180. The molecule has 0 aromatic heterocycles. The first-order chi connectivity index (χ1) is 8.68. The molecule has 106 valence electrons. The second-order valence-corrected chi connectivity index (χ2v) is 4.50. The highest BCUT2D eigenvalue weighted by Crippen LogP contribution is 2.17. The third-order valence-corrected chi connectivity index (χ3v) is 3.21. The Morgan fingerprint density at radius 3 is 2.79 bits per heavy atom. The standard InChI is InChI=1S/C12H17N3O3.ClH/c16-12-8-14-7-10(12)6-13-5-9-3-1-2-4-11(9)15(17)18;/h1-4,10,12-14,16H,5-8H2;1H. The topological polar surface area (TPSA) is 87.4 Å². The van der Waals surface area contributed by atoms with Crippen LogP contribution in [0.1, 0.15) is 5.56 Å². The number of para-hydroxylation sites is 1. The molecule has 1 heterocycles. The second-order valence-electron chi connectivity index (χ2n) is 4.50. The van der Waals surface area contributed by atoms with Gasteiger partial charge in [0.1, 0.15) is 0 Å². The number of nitro groups is 1. The molecule has 0 radical (unpaired) electrons. The maximum Gasteiger partial charge on any atom is 0.273 e. The van der Waals surface area contributed by atoms with Crippen LogP contribution in [0.25, 0.3) is 0 Å². The highest BCUT2D eigenvalue weighted by Gasteiger charge is 2.24. The zero-order valence-corrected chi connectivity index (χ0v) is 11.2. The Hall–Kier alpha value is -1.21. The summed E-state index contributed by atoms with van der Waals surface area (Å²) in [5.41, 5.74) is 0.804. The number of aliphatic hydroxyl groups is 1. The molecular formula is C12H18ClN3O3. The van der Waals surface area contributed by atoms with Crippen LogP contribution in [0.2, 0.25) is 0 Å². The molecule has 1 saturated heterocycles. The van der Waals surface area contributed by atoms with Crippen molar-refractivity contribution in [1.29, 1.82) is 0 Å². The molecule has 0 amide bonds. The van der Waals surface area contributed by atoms with E-state index in [1.54, 1.807) is 18.2 Å². The molecule has 0 saturated carbocycles. The number of nitrogens with zero attached hydrogens (tertiary/aromatic N) is 1. The molecular weight excluding hydrogens is 270 g/mol. The number of halogens is 1. The van der Waals surface area contributed by atoms with Gasteiger partial charge in [0.2, 0.25) is 0 Å². The summed E-state index contributed by atoms with van der Waals surface area (Å²) in [6.07, 6.45) is -0.330. The van der Waals surface area contributed by atoms with Crippen molar-refractivity contribution in [2.45, 2.75) is 12.6 Å². The summed E-state index contributed by atoms with van der Waals surface area (Å²) >= 11 is 0. The predicted molar refractivity (Wildman–Crippen MR) is 74.4 cm³/mol. The fraction of sp³-hybridized carbons (Fsp3) is 0.500. The molecule has 0 spiro atoms. The molecule has 2 rings (SSSR count). The number of nitro benzene ring substituents is 1. The Labute approximate surface area is 117 Å². The van der Waals surface area contributed by atoms with E-state index in [2.05, 4.69) is 10.6 Å². The van der Waals surface area contributed by atoms with Crippen molar-refractivity contribution in [3.05, 3.63) is 39.9 Å². The molecule has 2 unspecified atom stereocenters. The normalized spacial score (nSPS) is 21.9. The molecule has 7 heteroatoms.